The van der Waals surface area contributed by atoms with Gasteiger partial charge in [-0.1, -0.05) is 33.6 Å². The van der Waals surface area contributed by atoms with Gasteiger partial charge in [0.2, 0.25) is 5.95 Å². The summed E-state index contributed by atoms with van der Waals surface area (Å²) in [6, 6.07) is 0. The van der Waals surface area contributed by atoms with E-state index in [-0.39, 0.29) is 0 Å². The number of hydrogen-bond acceptors (Lipinski definition) is 4. The lowest BCUT2D eigenvalue weighted by Gasteiger charge is -2.41. The molecular formula is C17H30N4. The molecule has 0 aromatic carbocycles. The van der Waals surface area contributed by atoms with Crippen molar-refractivity contribution >= 4 is 11.8 Å². The Morgan fingerprint density at radius 2 is 1.86 bits per heavy atom. The van der Waals surface area contributed by atoms with Crippen molar-refractivity contribution in [2.45, 2.75) is 59.8 Å². The molecular weight excluding hydrogens is 260 g/mol. The number of rotatable bonds is 6. The third-order valence-electron chi connectivity index (χ3n) is 5.10. The number of nitrogens with zero attached hydrogens (tertiary/aromatic N) is 3. The summed E-state index contributed by atoms with van der Waals surface area (Å²) in [4.78, 5) is 11.6. The van der Waals surface area contributed by atoms with Crippen molar-refractivity contribution in [1.82, 2.24) is 9.97 Å². The van der Waals surface area contributed by atoms with Gasteiger partial charge in [0.05, 0.1) is 0 Å². The Bertz CT molecular complexity index is 444. The predicted molar refractivity (Wildman–Crippen MR) is 90.0 cm³/mol. The molecule has 1 aliphatic heterocycles. The molecule has 4 nitrogen and oxygen atoms in total. The second kappa shape index (κ2) is 7.10. The molecule has 1 saturated heterocycles. The molecule has 0 radical (unpaired) electrons. The largest absolute Gasteiger partial charge is 0.356 e. The van der Waals surface area contributed by atoms with E-state index < -0.39 is 0 Å². The van der Waals surface area contributed by atoms with E-state index in [9.17, 15) is 0 Å². The fourth-order valence-electron chi connectivity index (χ4n) is 3.23. The zero-order valence-electron chi connectivity index (χ0n) is 14.1. The standard InChI is InChI=1S/C17H30N4/c1-5-10-18-16-19-13-14(4)15(20-16)21-11-8-17(6-2,7-3)9-12-21/h13H,5-12H2,1-4H3,(H,18,19,20). The van der Waals surface area contributed by atoms with Crippen molar-refractivity contribution in [2.24, 2.45) is 5.41 Å². The molecule has 0 aliphatic carbocycles. The number of aromatic nitrogens is 2. The fraction of sp³-hybridized carbons (Fsp3) is 0.765. The highest BCUT2D eigenvalue weighted by molar-refractivity contribution is 5.49. The summed E-state index contributed by atoms with van der Waals surface area (Å²) >= 11 is 0. The van der Waals surface area contributed by atoms with E-state index >= 15 is 0 Å². The van der Waals surface area contributed by atoms with Crippen molar-refractivity contribution in [2.75, 3.05) is 29.9 Å². The van der Waals surface area contributed by atoms with Crippen LogP contribution in [0.3, 0.4) is 0 Å². The van der Waals surface area contributed by atoms with Gasteiger partial charge < -0.3 is 10.2 Å². The van der Waals surface area contributed by atoms with Crippen molar-refractivity contribution < 1.29 is 0 Å². The zero-order valence-corrected chi connectivity index (χ0v) is 14.1. The average molecular weight is 290 g/mol. The third kappa shape index (κ3) is 3.66. The molecule has 4 heteroatoms. The van der Waals surface area contributed by atoms with Crippen LogP contribution in [0.2, 0.25) is 0 Å². The van der Waals surface area contributed by atoms with Gasteiger partial charge in [0.25, 0.3) is 0 Å². The van der Waals surface area contributed by atoms with Crippen LogP contribution >= 0.6 is 0 Å². The first-order chi connectivity index (χ1) is 10.1. The molecule has 21 heavy (non-hydrogen) atoms. The molecule has 118 valence electrons. The maximum atomic E-state index is 4.74. The monoisotopic (exact) mass is 290 g/mol. The molecule has 0 spiro atoms. The Kier molecular flexibility index (Phi) is 5.43. The summed E-state index contributed by atoms with van der Waals surface area (Å²) in [5.41, 5.74) is 1.73. The van der Waals surface area contributed by atoms with Gasteiger partial charge in [-0.05, 0) is 31.6 Å². The Hall–Kier alpha value is -1.32. The predicted octanol–water partition coefficient (Wildman–Crippen LogP) is 4.01. The lowest BCUT2D eigenvalue weighted by atomic mass is 9.74. The molecule has 2 heterocycles. The molecule has 0 unspecified atom stereocenters. The number of nitrogens with one attached hydrogen (secondary N) is 1. The summed E-state index contributed by atoms with van der Waals surface area (Å²) in [5, 5.41) is 3.29. The first-order valence-electron chi connectivity index (χ1n) is 8.46. The smallest absolute Gasteiger partial charge is 0.224 e. The van der Waals surface area contributed by atoms with Gasteiger partial charge in [-0.15, -0.1) is 0 Å². The normalized spacial score (nSPS) is 17.8. The van der Waals surface area contributed by atoms with Crippen molar-refractivity contribution in [1.29, 1.82) is 0 Å². The number of aryl methyl sites for hydroxylation is 1. The van der Waals surface area contributed by atoms with E-state index in [0.29, 0.717) is 5.41 Å². The van der Waals surface area contributed by atoms with E-state index in [1.54, 1.807) is 0 Å². The summed E-state index contributed by atoms with van der Waals surface area (Å²) < 4.78 is 0. The van der Waals surface area contributed by atoms with Crippen LogP contribution < -0.4 is 10.2 Å². The van der Waals surface area contributed by atoms with Gasteiger partial charge in [-0.3, -0.25) is 0 Å². The molecule has 2 rings (SSSR count). The highest BCUT2D eigenvalue weighted by Gasteiger charge is 2.32. The highest BCUT2D eigenvalue weighted by atomic mass is 15.2. The van der Waals surface area contributed by atoms with Gasteiger partial charge in [-0.25, -0.2) is 4.98 Å². The van der Waals surface area contributed by atoms with Crippen LogP contribution in [-0.2, 0) is 0 Å². The fourth-order valence-corrected chi connectivity index (χ4v) is 3.23. The first-order valence-corrected chi connectivity index (χ1v) is 8.46. The summed E-state index contributed by atoms with van der Waals surface area (Å²) in [5.74, 6) is 1.88. The van der Waals surface area contributed by atoms with Crippen LogP contribution in [0.25, 0.3) is 0 Å². The van der Waals surface area contributed by atoms with Crippen LogP contribution in [0.15, 0.2) is 6.20 Å². The molecule has 1 aliphatic rings. The SMILES string of the molecule is CCCNc1ncc(C)c(N2CCC(CC)(CC)CC2)n1. The first kappa shape index (κ1) is 16.1. The van der Waals surface area contributed by atoms with Crippen LogP contribution in [-0.4, -0.2) is 29.6 Å². The molecule has 1 N–H and O–H groups in total. The van der Waals surface area contributed by atoms with E-state index in [0.717, 1.165) is 37.8 Å². The Balaban J connectivity index is 2.08. The maximum absolute atomic E-state index is 4.74. The van der Waals surface area contributed by atoms with Gasteiger partial charge in [0.1, 0.15) is 5.82 Å². The molecule has 1 fully saturated rings. The molecule has 1 aromatic rings. The Labute approximate surface area is 129 Å². The Morgan fingerprint density at radius 3 is 2.43 bits per heavy atom. The summed E-state index contributed by atoms with van der Waals surface area (Å²) in [6.07, 6.45) is 8.18. The lowest BCUT2D eigenvalue weighted by Crippen LogP contribution is -2.40. The zero-order chi connectivity index (χ0) is 15.3. The molecule has 0 atom stereocenters. The number of anilines is 2. The van der Waals surface area contributed by atoms with Crippen molar-refractivity contribution in [3.63, 3.8) is 0 Å². The topological polar surface area (TPSA) is 41.1 Å². The van der Waals surface area contributed by atoms with Crippen LogP contribution in [0.4, 0.5) is 11.8 Å². The van der Waals surface area contributed by atoms with E-state index in [2.05, 4.69) is 42.9 Å². The highest BCUT2D eigenvalue weighted by Crippen LogP contribution is 2.39. The van der Waals surface area contributed by atoms with E-state index in [1.165, 1.54) is 31.2 Å². The summed E-state index contributed by atoms with van der Waals surface area (Å²) in [7, 11) is 0. The second-order valence-corrected chi connectivity index (χ2v) is 6.32. The van der Waals surface area contributed by atoms with Crippen molar-refractivity contribution in [3.8, 4) is 0 Å². The van der Waals surface area contributed by atoms with Gasteiger partial charge in [0, 0.05) is 31.4 Å². The van der Waals surface area contributed by atoms with Crippen LogP contribution in [0.5, 0.6) is 0 Å². The minimum atomic E-state index is 0.556. The lowest BCUT2D eigenvalue weighted by molar-refractivity contribution is 0.199. The van der Waals surface area contributed by atoms with E-state index in [4.69, 9.17) is 4.98 Å². The maximum Gasteiger partial charge on any atom is 0.224 e. The Morgan fingerprint density at radius 1 is 1.19 bits per heavy atom. The van der Waals surface area contributed by atoms with Crippen molar-refractivity contribution in [3.05, 3.63) is 11.8 Å². The number of piperidine rings is 1. The quantitative estimate of drug-likeness (QED) is 0.859. The van der Waals surface area contributed by atoms with Gasteiger partial charge in [-0.2, -0.15) is 4.98 Å². The van der Waals surface area contributed by atoms with E-state index in [1.807, 2.05) is 6.20 Å². The third-order valence-corrected chi connectivity index (χ3v) is 5.10. The van der Waals surface area contributed by atoms with Gasteiger partial charge in [0.15, 0.2) is 0 Å². The molecule has 0 amide bonds. The van der Waals surface area contributed by atoms with Crippen LogP contribution in [0, 0.1) is 12.3 Å². The second-order valence-electron chi connectivity index (χ2n) is 6.32. The number of hydrogen-bond donors (Lipinski definition) is 1. The average Bonchev–Trinajstić information content (AvgIpc) is 2.54. The van der Waals surface area contributed by atoms with Crippen LogP contribution in [0.1, 0.15) is 58.4 Å². The molecule has 0 saturated carbocycles. The molecule has 0 bridgehead atoms. The minimum Gasteiger partial charge on any atom is -0.356 e. The molecule has 1 aromatic heterocycles. The minimum absolute atomic E-state index is 0.556. The summed E-state index contributed by atoms with van der Waals surface area (Å²) in [6.45, 7) is 12.1. The van der Waals surface area contributed by atoms with Gasteiger partial charge >= 0.3 is 0 Å².